The van der Waals surface area contributed by atoms with E-state index in [-0.39, 0.29) is 11.3 Å². The lowest BCUT2D eigenvalue weighted by molar-refractivity contribution is 0.102. The molecule has 0 spiro atoms. The van der Waals surface area contributed by atoms with Crippen LogP contribution in [-0.4, -0.2) is 26.6 Å². The van der Waals surface area contributed by atoms with Crippen molar-refractivity contribution in [3.63, 3.8) is 0 Å². The molecular formula is C17H16F2N2O3S. The van der Waals surface area contributed by atoms with Crippen LogP contribution in [0.25, 0.3) is 0 Å². The average Bonchev–Trinajstić information content (AvgIpc) is 2.91. The van der Waals surface area contributed by atoms with Gasteiger partial charge < -0.3 is 5.32 Å². The smallest absolute Gasteiger partial charge is 0.255 e. The number of halogens is 2. The van der Waals surface area contributed by atoms with Gasteiger partial charge in [-0.3, -0.25) is 9.10 Å². The molecular weight excluding hydrogens is 350 g/mol. The van der Waals surface area contributed by atoms with Crippen LogP contribution in [0.2, 0.25) is 0 Å². The van der Waals surface area contributed by atoms with Gasteiger partial charge in [0.2, 0.25) is 10.0 Å². The van der Waals surface area contributed by atoms with Crippen LogP contribution in [0, 0.1) is 18.6 Å². The van der Waals surface area contributed by atoms with Gasteiger partial charge in [0.25, 0.3) is 5.91 Å². The van der Waals surface area contributed by atoms with Gasteiger partial charge in [0.1, 0.15) is 0 Å². The normalized spacial score (nSPS) is 16.0. The third kappa shape index (κ3) is 3.48. The average molecular weight is 366 g/mol. The van der Waals surface area contributed by atoms with Gasteiger partial charge in [0.15, 0.2) is 11.6 Å². The van der Waals surface area contributed by atoms with Crippen molar-refractivity contribution in [2.75, 3.05) is 21.9 Å². The second-order valence-corrected chi connectivity index (χ2v) is 7.84. The summed E-state index contributed by atoms with van der Waals surface area (Å²) in [6.07, 6.45) is 0.549. The minimum atomic E-state index is -3.34. The van der Waals surface area contributed by atoms with Crippen molar-refractivity contribution in [2.24, 2.45) is 0 Å². The first-order valence-corrected chi connectivity index (χ1v) is 9.26. The summed E-state index contributed by atoms with van der Waals surface area (Å²) in [5.74, 6) is -2.66. The first-order valence-electron chi connectivity index (χ1n) is 7.65. The number of anilines is 2. The molecule has 1 amide bonds. The fraction of sp³-hybridized carbons (Fsp3) is 0.235. The molecule has 1 aliphatic heterocycles. The van der Waals surface area contributed by atoms with E-state index in [1.165, 1.54) is 10.4 Å². The van der Waals surface area contributed by atoms with Crippen LogP contribution in [0.4, 0.5) is 20.2 Å². The van der Waals surface area contributed by atoms with Crippen molar-refractivity contribution in [3.05, 3.63) is 59.2 Å². The van der Waals surface area contributed by atoms with Gasteiger partial charge in [-0.25, -0.2) is 17.2 Å². The zero-order valence-corrected chi connectivity index (χ0v) is 14.2. The molecule has 0 unspecified atom stereocenters. The number of sulfonamides is 1. The molecule has 0 saturated carbocycles. The Morgan fingerprint density at radius 3 is 2.52 bits per heavy atom. The highest BCUT2D eigenvalue weighted by Gasteiger charge is 2.29. The van der Waals surface area contributed by atoms with E-state index in [2.05, 4.69) is 5.32 Å². The number of nitrogens with zero attached hydrogens (tertiary/aromatic N) is 1. The second-order valence-electron chi connectivity index (χ2n) is 5.83. The van der Waals surface area contributed by atoms with Crippen molar-refractivity contribution in [1.82, 2.24) is 0 Å². The van der Waals surface area contributed by atoms with Gasteiger partial charge >= 0.3 is 0 Å². The summed E-state index contributed by atoms with van der Waals surface area (Å²) in [5, 5.41) is 2.57. The van der Waals surface area contributed by atoms with Crippen molar-refractivity contribution >= 4 is 27.3 Å². The Morgan fingerprint density at radius 2 is 1.88 bits per heavy atom. The summed E-state index contributed by atoms with van der Waals surface area (Å²) >= 11 is 0. The number of amides is 1. The first kappa shape index (κ1) is 17.3. The second kappa shape index (κ2) is 6.44. The molecule has 1 N–H and O–H groups in total. The summed E-state index contributed by atoms with van der Waals surface area (Å²) in [6, 6.07) is 7.75. The summed E-state index contributed by atoms with van der Waals surface area (Å²) in [7, 11) is -3.34. The molecule has 0 atom stereocenters. The molecule has 1 saturated heterocycles. The van der Waals surface area contributed by atoms with E-state index in [0.29, 0.717) is 24.3 Å². The molecule has 0 radical (unpaired) electrons. The lowest BCUT2D eigenvalue weighted by atomic mass is 10.1. The number of hydrogen-bond donors (Lipinski definition) is 1. The zero-order valence-electron chi connectivity index (χ0n) is 13.4. The van der Waals surface area contributed by atoms with Crippen LogP contribution in [0.3, 0.4) is 0 Å². The van der Waals surface area contributed by atoms with Crippen molar-refractivity contribution in [1.29, 1.82) is 0 Å². The van der Waals surface area contributed by atoms with E-state index in [9.17, 15) is 22.0 Å². The lowest BCUT2D eigenvalue weighted by Crippen LogP contribution is -2.26. The summed E-state index contributed by atoms with van der Waals surface area (Å²) in [6.45, 7) is 2.17. The Labute approximate surface area is 144 Å². The molecule has 1 aliphatic rings. The van der Waals surface area contributed by atoms with Gasteiger partial charge in [-0.15, -0.1) is 0 Å². The van der Waals surface area contributed by atoms with Crippen LogP contribution in [0.1, 0.15) is 22.3 Å². The predicted octanol–water partition coefficient (Wildman–Crippen LogP) is 3.07. The lowest BCUT2D eigenvalue weighted by Gasteiger charge is -2.20. The highest BCUT2D eigenvalue weighted by Crippen LogP contribution is 2.30. The topological polar surface area (TPSA) is 66.5 Å². The number of rotatable bonds is 3. The fourth-order valence-corrected chi connectivity index (χ4v) is 4.32. The van der Waals surface area contributed by atoms with Crippen LogP contribution in [-0.2, 0) is 10.0 Å². The molecule has 0 aliphatic carbocycles. The molecule has 0 bridgehead atoms. The first-order chi connectivity index (χ1) is 11.8. The summed E-state index contributed by atoms with van der Waals surface area (Å²) in [4.78, 5) is 12.2. The predicted molar refractivity (Wildman–Crippen MR) is 91.2 cm³/mol. The zero-order chi connectivity index (χ0) is 18.2. The highest BCUT2D eigenvalue weighted by atomic mass is 32.2. The Balaban J connectivity index is 1.87. The van der Waals surface area contributed by atoms with E-state index >= 15 is 0 Å². The number of nitrogens with one attached hydrogen (secondary N) is 1. The molecule has 2 aromatic carbocycles. The van der Waals surface area contributed by atoms with Gasteiger partial charge in [-0.2, -0.15) is 0 Å². The summed E-state index contributed by atoms with van der Waals surface area (Å²) in [5.41, 5.74) is 1.60. The van der Waals surface area contributed by atoms with E-state index in [4.69, 9.17) is 0 Å². The summed E-state index contributed by atoms with van der Waals surface area (Å²) < 4.78 is 51.7. The van der Waals surface area contributed by atoms with Crippen molar-refractivity contribution < 1.29 is 22.0 Å². The van der Waals surface area contributed by atoms with Crippen molar-refractivity contribution in [3.8, 4) is 0 Å². The number of aryl methyl sites for hydroxylation is 1. The van der Waals surface area contributed by atoms with Gasteiger partial charge in [-0.1, -0.05) is 6.07 Å². The van der Waals surface area contributed by atoms with Gasteiger partial charge in [-0.05, 0) is 49.2 Å². The Hall–Kier alpha value is -2.48. The van der Waals surface area contributed by atoms with E-state index in [1.807, 2.05) is 0 Å². The molecule has 0 aromatic heterocycles. The van der Waals surface area contributed by atoms with Gasteiger partial charge in [0.05, 0.1) is 11.4 Å². The van der Waals surface area contributed by atoms with Gasteiger partial charge in [0, 0.05) is 17.8 Å². The van der Waals surface area contributed by atoms with E-state index in [1.54, 1.807) is 25.1 Å². The fourth-order valence-electron chi connectivity index (χ4n) is 2.71. The number of carbonyl (C=O) groups is 1. The monoisotopic (exact) mass is 366 g/mol. The highest BCUT2D eigenvalue weighted by molar-refractivity contribution is 7.93. The Kier molecular flexibility index (Phi) is 4.47. The maximum absolute atomic E-state index is 13.3. The van der Waals surface area contributed by atoms with E-state index < -0.39 is 27.6 Å². The quantitative estimate of drug-likeness (QED) is 0.908. The molecule has 1 fully saturated rings. The Bertz CT molecular complexity index is 945. The SMILES string of the molecule is Cc1ccc(NC(=O)c2ccc(F)c(F)c2)cc1N1CCCS1(=O)=O. The maximum Gasteiger partial charge on any atom is 0.255 e. The third-order valence-electron chi connectivity index (χ3n) is 4.02. The molecule has 132 valence electrons. The molecule has 25 heavy (non-hydrogen) atoms. The minimum absolute atomic E-state index is 0.0326. The molecule has 1 heterocycles. The third-order valence-corrected chi connectivity index (χ3v) is 5.87. The minimum Gasteiger partial charge on any atom is -0.322 e. The van der Waals surface area contributed by atoms with Crippen molar-refractivity contribution in [2.45, 2.75) is 13.3 Å². The van der Waals surface area contributed by atoms with Crippen LogP contribution in [0.15, 0.2) is 36.4 Å². The number of carbonyl (C=O) groups excluding carboxylic acids is 1. The molecule has 2 aromatic rings. The van der Waals surface area contributed by atoms with Crippen LogP contribution >= 0.6 is 0 Å². The molecule has 8 heteroatoms. The molecule has 5 nitrogen and oxygen atoms in total. The Morgan fingerprint density at radius 1 is 1.12 bits per heavy atom. The van der Waals surface area contributed by atoms with E-state index in [0.717, 1.165) is 17.7 Å². The van der Waals surface area contributed by atoms with Crippen LogP contribution in [0.5, 0.6) is 0 Å². The maximum atomic E-state index is 13.3. The largest absolute Gasteiger partial charge is 0.322 e. The molecule has 3 rings (SSSR count). The number of benzene rings is 2. The number of hydrogen-bond acceptors (Lipinski definition) is 3. The standard InChI is InChI=1S/C17H16F2N2O3S/c1-11-3-5-13(10-16(11)21-7-2-8-25(21,23)24)20-17(22)12-4-6-14(18)15(19)9-12/h3-6,9-10H,2,7-8H2,1H3,(H,20,22). The van der Waals surface area contributed by atoms with Crippen LogP contribution < -0.4 is 9.62 Å².